The standard InChI is InChI=1S/C20H13ClN4O3S2/c1-11-5-6-12-3-2-4-15(18(12)23-11)24-19(26)13-9-17-16(10-14(13)21)29-20-22-7-8-25(20)30(17,27)28/h2-10H,1H3,(H,24,26). The third-order valence-electron chi connectivity index (χ3n) is 4.70. The van der Waals surface area contributed by atoms with Gasteiger partial charge in [-0.15, -0.1) is 0 Å². The highest BCUT2D eigenvalue weighted by Gasteiger charge is 2.32. The van der Waals surface area contributed by atoms with E-state index in [4.69, 9.17) is 11.6 Å². The molecule has 30 heavy (non-hydrogen) atoms. The summed E-state index contributed by atoms with van der Waals surface area (Å²) in [5, 5.41) is 4.17. The normalized spacial score (nSPS) is 14.2. The quantitative estimate of drug-likeness (QED) is 0.424. The minimum atomic E-state index is -3.86. The van der Waals surface area contributed by atoms with Gasteiger partial charge in [-0.25, -0.2) is 17.4 Å². The Kier molecular flexibility index (Phi) is 4.35. The molecule has 10 heteroatoms. The van der Waals surface area contributed by atoms with Crippen molar-refractivity contribution in [2.24, 2.45) is 0 Å². The Hall–Kier alpha value is -2.88. The van der Waals surface area contributed by atoms with Crippen LogP contribution >= 0.6 is 23.4 Å². The van der Waals surface area contributed by atoms with Crippen molar-refractivity contribution in [2.75, 3.05) is 5.32 Å². The fourth-order valence-electron chi connectivity index (χ4n) is 3.26. The molecule has 0 spiro atoms. The van der Waals surface area contributed by atoms with Crippen molar-refractivity contribution < 1.29 is 13.2 Å². The number of carbonyl (C=O) groups is 1. The predicted molar refractivity (Wildman–Crippen MR) is 115 cm³/mol. The molecule has 0 fully saturated rings. The monoisotopic (exact) mass is 456 g/mol. The van der Waals surface area contributed by atoms with Gasteiger partial charge in [0.05, 0.1) is 21.8 Å². The second kappa shape index (κ2) is 6.83. The van der Waals surface area contributed by atoms with E-state index in [9.17, 15) is 13.2 Å². The van der Waals surface area contributed by atoms with E-state index in [1.165, 1.54) is 36.3 Å². The number of nitrogens with one attached hydrogen (secondary N) is 1. The number of fused-ring (bicyclic) bond motifs is 3. The summed E-state index contributed by atoms with van der Waals surface area (Å²) in [5.74, 6) is -0.518. The summed E-state index contributed by atoms with van der Waals surface area (Å²) in [4.78, 5) is 22.0. The first-order chi connectivity index (χ1) is 14.3. The van der Waals surface area contributed by atoms with Crippen LogP contribution in [-0.2, 0) is 10.0 Å². The van der Waals surface area contributed by atoms with E-state index in [-0.39, 0.29) is 15.5 Å². The van der Waals surface area contributed by atoms with Gasteiger partial charge in [0.25, 0.3) is 15.9 Å². The van der Waals surface area contributed by atoms with Crippen molar-refractivity contribution in [1.29, 1.82) is 0 Å². The Morgan fingerprint density at radius 1 is 1.20 bits per heavy atom. The number of anilines is 1. The minimum absolute atomic E-state index is 0.0134. The number of rotatable bonds is 2. The SMILES string of the molecule is Cc1ccc2cccc(NC(=O)c3cc4c(cc3Cl)Sc3nccn3S4(=O)=O)c2n1. The fourth-order valence-corrected chi connectivity index (χ4v) is 6.48. The lowest BCUT2D eigenvalue weighted by Crippen LogP contribution is -2.20. The van der Waals surface area contributed by atoms with Crippen molar-refractivity contribution in [2.45, 2.75) is 21.9 Å². The van der Waals surface area contributed by atoms with Gasteiger partial charge in [0.1, 0.15) is 4.90 Å². The lowest BCUT2D eigenvalue weighted by atomic mass is 10.1. The number of aromatic nitrogens is 3. The Bertz CT molecular complexity index is 1460. The second-order valence-electron chi connectivity index (χ2n) is 6.68. The number of hydrogen-bond acceptors (Lipinski definition) is 6. The number of nitrogens with zero attached hydrogens (tertiary/aromatic N) is 3. The highest BCUT2D eigenvalue weighted by Crippen LogP contribution is 2.41. The average Bonchev–Trinajstić information content (AvgIpc) is 3.17. The molecule has 150 valence electrons. The van der Waals surface area contributed by atoms with E-state index < -0.39 is 15.9 Å². The highest BCUT2D eigenvalue weighted by molar-refractivity contribution is 8.01. The van der Waals surface area contributed by atoms with E-state index in [0.717, 1.165) is 15.1 Å². The number of aryl methyl sites for hydroxylation is 1. The molecule has 2 aromatic heterocycles. The van der Waals surface area contributed by atoms with Gasteiger partial charge in [-0.2, -0.15) is 0 Å². The summed E-state index contributed by atoms with van der Waals surface area (Å²) < 4.78 is 27.0. The third-order valence-corrected chi connectivity index (χ3v) is 8.01. The summed E-state index contributed by atoms with van der Waals surface area (Å²) >= 11 is 7.53. The van der Waals surface area contributed by atoms with Gasteiger partial charge in [-0.3, -0.25) is 9.78 Å². The summed E-state index contributed by atoms with van der Waals surface area (Å²) in [5.41, 5.74) is 2.04. The minimum Gasteiger partial charge on any atom is -0.320 e. The van der Waals surface area contributed by atoms with Crippen LogP contribution in [0.2, 0.25) is 5.02 Å². The van der Waals surface area contributed by atoms with Gasteiger partial charge in [0, 0.05) is 28.4 Å². The first-order valence-electron chi connectivity index (χ1n) is 8.82. The van der Waals surface area contributed by atoms with Crippen molar-refractivity contribution >= 4 is 55.9 Å². The van der Waals surface area contributed by atoms with Crippen LogP contribution in [0.5, 0.6) is 0 Å². The second-order valence-corrected chi connectivity index (χ2v) is 9.88. The molecule has 5 rings (SSSR count). The van der Waals surface area contributed by atoms with Gasteiger partial charge in [-0.05, 0) is 43.0 Å². The van der Waals surface area contributed by atoms with Crippen LogP contribution in [0.15, 0.2) is 69.8 Å². The van der Waals surface area contributed by atoms with Gasteiger partial charge in [0.2, 0.25) is 0 Å². The average molecular weight is 457 g/mol. The summed E-state index contributed by atoms with van der Waals surface area (Å²) in [6.07, 6.45) is 2.79. The molecule has 0 saturated carbocycles. The Balaban J connectivity index is 1.57. The van der Waals surface area contributed by atoms with E-state index in [1.54, 1.807) is 6.07 Å². The molecular formula is C20H13ClN4O3S2. The zero-order valence-electron chi connectivity index (χ0n) is 15.5. The third kappa shape index (κ3) is 2.97. The van der Waals surface area contributed by atoms with Crippen LogP contribution in [0.25, 0.3) is 10.9 Å². The Morgan fingerprint density at radius 2 is 2.03 bits per heavy atom. The number of pyridine rings is 1. The smallest absolute Gasteiger partial charge is 0.270 e. The number of hydrogen-bond donors (Lipinski definition) is 1. The molecule has 0 saturated heterocycles. The lowest BCUT2D eigenvalue weighted by Gasteiger charge is -2.19. The number of para-hydroxylation sites is 1. The topological polar surface area (TPSA) is 94.0 Å². The van der Waals surface area contributed by atoms with E-state index in [1.807, 2.05) is 31.2 Å². The number of amides is 1. The zero-order chi connectivity index (χ0) is 21.0. The highest BCUT2D eigenvalue weighted by atomic mass is 35.5. The van der Waals surface area contributed by atoms with Crippen LogP contribution in [0.1, 0.15) is 16.1 Å². The van der Waals surface area contributed by atoms with Gasteiger partial charge >= 0.3 is 0 Å². The Morgan fingerprint density at radius 3 is 2.87 bits per heavy atom. The maximum atomic E-state index is 13.0. The molecule has 7 nitrogen and oxygen atoms in total. The number of benzene rings is 2. The molecule has 0 radical (unpaired) electrons. The predicted octanol–water partition coefficient (Wildman–Crippen LogP) is 4.35. The van der Waals surface area contributed by atoms with Crippen LogP contribution in [-0.4, -0.2) is 28.3 Å². The number of carbonyl (C=O) groups excluding carboxylic acids is 1. The Labute approximate surface area is 181 Å². The van der Waals surface area contributed by atoms with E-state index >= 15 is 0 Å². The van der Waals surface area contributed by atoms with Crippen LogP contribution in [0.4, 0.5) is 5.69 Å². The number of halogens is 1. The molecule has 1 amide bonds. The van der Waals surface area contributed by atoms with Gasteiger partial charge in [-0.1, -0.05) is 29.8 Å². The van der Waals surface area contributed by atoms with Crippen LogP contribution in [0.3, 0.4) is 0 Å². The van der Waals surface area contributed by atoms with Crippen molar-refractivity contribution in [1.82, 2.24) is 13.9 Å². The van der Waals surface area contributed by atoms with Gasteiger partial charge in [0.15, 0.2) is 5.16 Å². The van der Waals surface area contributed by atoms with E-state index in [2.05, 4.69) is 15.3 Å². The molecule has 3 heterocycles. The van der Waals surface area contributed by atoms with E-state index in [0.29, 0.717) is 21.3 Å². The first kappa shape index (κ1) is 19.1. The van der Waals surface area contributed by atoms with Gasteiger partial charge < -0.3 is 5.32 Å². The zero-order valence-corrected chi connectivity index (χ0v) is 17.8. The molecule has 0 unspecified atom stereocenters. The first-order valence-corrected chi connectivity index (χ1v) is 11.5. The number of imidazole rings is 1. The molecule has 4 aromatic rings. The maximum absolute atomic E-state index is 13.0. The molecule has 1 aliphatic heterocycles. The molecule has 1 aliphatic rings. The van der Waals surface area contributed by atoms with Crippen molar-refractivity contribution in [3.8, 4) is 0 Å². The van der Waals surface area contributed by atoms with Crippen LogP contribution in [0, 0.1) is 6.92 Å². The molecule has 0 aliphatic carbocycles. The summed E-state index contributed by atoms with van der Waals surface area (Å²) in [7, 11) is -3.86. The molecular weight excluding hydrogens is 444 g/mol. The lowest BCUT2D eigenvalue weighted by molar-refractivity contribution is 0.102. The van der Waals surface area contributed by atoms with Crippen molar-refractivity contribution in [3.05, 3.63) is 71.1 Å². The summed E-state index contributed by atoms with van der Waals surface area (Å²) in [6.45, 7) is 1.87. The van der Waals surface area contributed by atoms with Crippen molar-refractivity contribution in [3.63, 3.8) is 0 Å². The molecule has 1 N–H and O–H groups in total. The fraction of sp³-hybridized carbons (Fsp3) is 0.0500. The molecule has 0 atom stereocenters. The summed E-state index contributed by atoms with van der Waals surface area (Å²) in [6, 6.07) is 12.1. The van der Waals surface area contributed by atoms with Crippen LogP contribution < -0.4 is 5.32 Å². The largest absolute Gasteiger partial charge is 0.320 e. The molecule has 2 aromatic carbocycles. The maximum Gasteiger partial charge on any atom is 0.270 e. The molecule has 0 bridgehead atoms.